The quantitative estimate of drug-likeness (QED) is 0.233. The van der Waals surface area contributed by atoms with Crippen molar-refractivity contribution < 1.29 is 36.9 Å². The second kappa shape index (κ2) is 13.2. The molecule has 1 saturated carbocycles. The van der Waals surface area contributed by atoms with E-state index >= 15 is 0 Å². The van der Waals surface area contributed by atoms with Gasteiger partial charge in [-0.15, -0.1) is 0 Å². The van der Waals surface area contributed by atoms with Gasteiger partial charge in [0, 0.05) is 49.9 Å². The molecule has 4 heterocycles. The number of benzene rings is 2. The highest BCUT2D eigenvalue weighted by molar-refractivity contribution is 7.89. The summed E-state index contributed by atoms with van der Waals surface area (Å²) >= 11 is 0. The number of esters is 1. The number of sulfonamides is 1. The van der Waals surface area contributed by atoms with Gasteiger partial charge in [0.15, 0.2) is 11.9 Å². The minimum Gasteiger partial charge on any atom is -0.462 e. The second-order valence-corrected chi connectivity index (χ2v) is 15.1. The highest BCUT2D eigenvalue weighted by Crippen LogP contribution is 2.49. The number of nitrogens with zero attached hydrogens (tertiary/aromatic N) is 2. The van der Waals surface area contributed by atoms with Crippen LogP contribution in [0, 0.1) is 29.6 Å². The van der Waals surface area contributed by atoms with Gasteiger partial charge in [-0.25, -0.2) is 8.42 Å². The zero-order valence-electron chi connectivity index (χ0n) is 25.9. The fourth-order valence-electron chi connectivity index (χ4n) is 7.63. The molecule has 1 aromatic heterocycles. The molecule has 2 bridgehead atoms. The van der Waals surface area contributed by atoms with Crippen molar-refractivity contribution >= 4 is 33.1 Å². The minimum absolute atomic E-state index is 0.0441. The Balaban J connectivity index is 1.12. The average molecular weight is 655 g/mol. The summed E-state index contributed by atoms with van der Waals surface area (Å²) in [6.45, 7) is 2.58. The maximum absolute atomic E-state index is 14.2. The second-order valence-electron chi connectivity index (χ2n) is 13.1. The van der Waals surface area contributed by atoms with Crippen LogP contribution in [0.3, 0.4) is 0 Å². The van der Waals surface area contributed by atoms with Crippen molar-refractivity contribution in [3.63, 3.8) is 0 Å². The molecule has 4 aliphatic rings. The summed E-state index contributed by atoms with van der Waals surface area (Å²) in [6.07, 6.45) is 0.470. The number of carbonyl (C=O) groups is 1. The number of oxazole rings is 1. The number of anilines is 1. The molecule has 0 radical (unpaired) electrons. The predicted octanol–water partition coefficient (Wildman–Crippen LogP) is 2.63. The molecule has 3 saturated heterocycles. The van der Waals surface area contributed by atoms with Gasteiger partial charge in [-0.2, -0.15) is 9.29 Å². The lowest BCUT2D eigenvalue weighted by Gasteiger charge is -2.31. The molecule has 0 spiro atoms. The average Bonchev–Trinajstić information content (AvgIpc) is 3.85. The fourth-order valence-corrected chi connectivity index (χ4v) is 9.18. The number of fused-ring (bicyclic) bond motifs is 2. The van der Waals surface area contributed by atoms with Crippen LogP contribution in [0.25, 0.3) is 11.1 Å². The van der Waals surface area contributed by atoms with Crippen LogP contribution in [0.5, 0.6) is 0 Å². The summed E-state index contributed by atoms with van der Waals surface area (Å²) in [5.41, 5.74) is 1.83. The van der Waals surface area contributed by atoms with Gasteiger partial charge in [-0.3, -0.25) is 4.79 Å². The van der Waals surface area contributed by atoms with Gasteiger partial charge < -0.3 is 34.4 Å². The standard InChI is InChI=1S/C33H42N4O8S/c1-34-33-36-27-8-7-24(14-29(27)44-33)46(40,41)37(16-21-9-10-35-15-21)17-28(38)22(11-20-5-3-2-4-6-20)13-30(39)45-31-23-12-25-26(31)19-43-32(25)42-18-23/h2-8,14,21-23,25-26,28,31-32,35,38H,9-13,15-19H2,1H3,(H,34,36)/t21?,22-,23?,25?,26?,28-,31?,32?/m1/s1. The number of carbonyl (C=O) groups excluding carboxylic acids is 1. The highest BCUT2D eigenvalue weighted by atomic mass is 32.2. The van der Waals surface area contributed by atoms with Crippen LogP contribution in [-0.4, -0.2) is 93.7 Å². The van der Waals surface area contributed by atoms with E-state index in [2.05, 4.69) is 15.6 Å². The molecule has 12 nitrogen and oxygen atoms in total. The molecule has 2 aromatic carbocycles. The number of hydrogen-bond donors (Lipinski definition) is 3. The lowest BCUT2D eigenvalue weighted by atomic mass is 9.90. The number of aliphatic hydroxyl groups excluding tert-OH is 1. The Bertz CT molecular complexity index is 1630. The number of rotatable bonds is 13. The molecular weight excluding hydrogens is 612 g/mol. The van der Waals surface area contributed by atoms with Crippen molar-refractivity contribution in [3.05, 3.63) is 54.1 Å². The van der Waals surface area contributed by atoms with Crippen molar-refractivity contribution in [3.8, 4) is 0 Å². The normalized spacial score (nSPS) is 28.5. The predicted molar refractivity (Wildman–Crippen MR) is 168 cm³/mol. The van der Waals surface area contributed by atoms with Gasteiger partial charge >= 0.3 is 5.97 Å². The van der Waals surface area contributed by atoms with Crippen LogP contribution >= 0.6 is 0 Å². The fraction of sp³-hybridized carbons (Fsp3) is 0.576. The minimum atomic E-state index is -4.05. The SMILES string of the molecule is CNc1nc2ccc(S(=O)(=O)N(CC3CCNC3)C[C@@H](O)[C@@H](CC(=O)OC3C4COC5OCC3C5C4)Cc3ccccc3)cc2o1. The summed E-state index contributed by atoms with van der Waals surface area (Å²) in [7, 11) is -2.37. The molecule has 3 N–H and O–H groups in total. The third kappa shape index (κ3) is 6.41. The molecule has 248 valence electrons. The molecule has 3 aromatic rings. The van der Waals surface area contributed by atoms with Gasteiger partial charge in [-0.05, 0) is 56.0 Å². The molecule has 13 heteroatoms. The van der Waals surface area contributed by atoms with Crippen molar-refractivity contribution in [2.45, 2.75) is 49.1 Å². The van der Waals surface area contributed by atoms with Crippen molar-refractivity contribution in [1.29, 1.82) is 0 Å². The summed E-state index contributed by atoms with van der Waals surface area (Å²) in [5.74, 6) is -0.383. The molecule has 4 fully saturated rings. The number of hydrogen-bond acceptors (Lipinski definition) is 11. The maximum atomic E-state index is 14.2. The van der Waals surface area contributed by atoms with Gasteiger partial charge in [0.25, 0.3) is 6.01 Å². The first kappa shape index (κ1) is 31.5. The lowest BCUT2D eigenvalue weighted by Crippen LogP contribution is -2.44. The topological polar surface area (TPSA) is 152 Å². The molecule has 6 unspecified atom stereocenters. The van der Waals surface area contributed by atoms with Crippen LogP contribution in [0.15, 0.2) is 57.8 Å². The third-order valence-corrected chi connectivity index (χ3v) is 11.9. The van der Waals surface area contributed by atoms with E-state index in [9.17, 15) is 18.3 Å². The van der Waals surface area contributed by atoms with Gasteiger partial charge in [0.2, 0.25) is 10.0 Å². The Hall–Kier alpha value is -3.07. The van der Waals surface area contributed by atoms with Crippen molar-refractivity contribution in [2.24, 2.45) is 29.6 Å². The summed E-state index contributed by atoms with van der Waals surface area (Å²) in [5, 5.41) is 17.9. The van der Waals surface area contributed by atoms with E-state index in [1.807, 2.05) is 30.3 Å². The summed E-state index contributed by atoms with van der Waals surface area (Å²) in [4.78, 5) is 17.9. The third-order valence-electron chi connectivity index (χ3n) is 10.1. The monoisotopic (exact) mass is 654 g/mol. The zero-order chi connectivity index (χ0) is 31.8. The number of ether oxygens (including phenoxy) is 3. The number of aliphatic hydroxyl groups is 1. The first-order valence-electron chi connectivity index (χ1n) is 16.2. The first-order chi connectivity index (χ1) is 22.3. The van der Waals surface area contributed by atoms with Crippen LogP contribution in [-0.2, 0) is 35.4 Å². The van der Waals surface area contributed by atoms with Crippen LogP contribution in [0.4, 0.5) is 6.01 Å². The Morgan fingerprint density at radius 3 is 2.78 bits per heavy atom. The Labute approximate surface area is 268 Å². The number of nitrogens with one attached hydrogen (secondary N) is 2. The first-order valence-corrected chi connectivity index (χ1v) is 17.7. The Kier molecular flexibility index (Phi) is 9.05. The largest absolute Gasteiger partial charge is 0.462 e. The maximum Gasteiger partial charge on any atom is 0.306 e. The highest BCUT2D eigenvalue weighted by Gasteiger charge is 2.56. The van der Waals surface area contributed by atoms with Crippen LogP contribution < -0.4 is 10.6 Å². The molecule has 3 aliphatic heterocycles. The van der Waals surface area contributed by atoms with Gasteiger partial charge in [-0.1, -0.05) is 30.3 Å². The van der Waals surface area contributed by atoms with E-state index in [1.165, 1.54) is 16.4 Å². The van der Waals surface area contributed by atoms with Crippen molar-refractivity contribution in [2.75, 3.05) is 51.8 Å². The molecule has 8 atom stereocenters. The molecule has 0 amide bonds. The van der Waals surface area contributed by atoms with Crippen LogP contribution in [0.1, 0.15) is 24.8 Å². The Morgan fingerprint density at radius 2 is 2.00 bits per heavy atom. The van der Waals surface area contributed by atoms with E-state index in [0.29, 0.717) is 43.3 Å². The lowest BCUT2D eigenvalue weighted by molar-refractivity contribution is -0.178. The molecule has 46 heavy (non-hydrogen) atoms. The van der Waals surface area contributed by atoms with E-state index in [4.69, 9.17) is 18.6 Å². The van der Waals surface area contributed by atoms with Crippen LogP contribution in [0.2, 0.25) is 0 Å². The van der Waals surface area contributed by atoms with E-state index < -0.39 is 28.0 Å². The zero-order valence-corrected chi connectivity index (χ0v) is 26.7. The molecule has 1 aliphatic carbocycles. The summed E-state index contributed by atoms with van der Waals surface area (Å²) < 4.78 is 53.1. The molecule has 7 rings (SSSR count). The van der Waals surface area contributed by atoms with Gasteiger partial charge in [0.05, 0.1) is 30.6 Å². The summed E-state index contributed by atoms with van der Waals surface area (Å²) in [6, 6.07) is 14.5. The van der Waals surface area contributed by atoms with E-state index in [1.54, 1.807) is 13.1 Å². The Morgan fingerprint density at radius 1 is 1.17 bits per heavy atom. The smallest absolute Gasteiger partial charge is 0.306 e. The van der Waals surface area contributed by atoms with Gasteiger partial charge in [0.1, 0.15) is 11.6 Å². The van der Waals surface area contributed by atoms with E-state index in [-0.39, 0.29) is 60.5 Å². The van der Waals surface area contributed by atoms with E-state index in [0.717, 1.165) is 24.9 Å². The molecular formula is C33H42N4O8S. The number of aromatic nitrogens is 1. The van der Waals surface area contributed by atoms with Crippen molar-refractivity contribution in [1.82, 2.24) is 14.6 Å².